The van der Waals surface area contributed by atoms with Gasteiger partial charge in [0.05, 0.1) is 17.8 Å². The van der Waals surface area contributed by atoms with Crippen LogP contribution in [0.15, 0.2) is 28.9 Å². The summed E-state index contributed by atoms with van der Waals surface area (Å²) >= 11 is 6.02. The van der Waals surface area contributed by atoms with Crippen molar-refractivity contribution in [3.05, 3.63) is 35.0 Å². The quantitative estimate of drug-likeness (QED) is 0.772. The molecule has 0 aliphatic rings. The zero-order valence-corrected chi connectivity index (χ0v) is 8.04. The predicted octanol–water partition coefficient (Wildman–Crippen LogP) is 2.23. The van der Waals surface area contributed by atoms with Gasteiger partial charge in [-0.3, -0.25) is 4.79 Å². The Labute approximate surface area is 85.4 Å². The van der Waals surface area contributed by atoms with E-state index in [0.717, 1.165) is 5.39 Å². The van der Waals surface area contributed by atoms with Gasteiger partial charge in [0.2, 0.25) is 0 Å². The molecule has 0 saturated heterocycles. The van der Waals surface area contributed by atoms with E-state index >= 15 is 0 Å². The van der Waals surface area contributed by atoms with Crippen LogP contribution in [0.5, 0.6) is 0 Å². The third-order valence-corrected chi connectivity index (χ3v) is 2.46. The highest BCUT2D eigenvalue weighted by Gasteiger charge is 2.12. The molecule has 72 valence electrons. The van der Waals surface area contributed by atoms with Crippen LogP contribution in [0.4, 0.5) is 0 Å². The fourth-order valence-electron chi connectivity index (χ4n) is 1.33. The maximum absolute atomic E-state index is 11.4. The molecule has 0 spiro atoms. The Morgan fingerprint density at radius 1 is 1.43 bits per heavy atom. The lowest BCUT2D eigenvalue weighted by Gasteiger charge is -2.01. The molecule has 4 heteroatoms. The monoisotopic (exact) mass is 209 g/mol. The molecule has 14 heavy (non-hydrogen) atoms. The van der Waals surface area contributed by atoms with E-state index in [1.165, 1.54) is 6.26 Å². The molecule has 0 saturated carbocycles. The third kappa shape index (κ3) is 1.31. The maximum atomic E-state index is 11.4. The number of nitrogens with two attached hydrogens (primary N) is 1. The summed E-state index contributed by atoms with van der Waals surface area (Å²) in [6, 6.07) is 5.07. The van der Waals surface area contributed by atoms with Crippen LogP contribution in [0, 0.1) is 0 Å². The Morgan fingerprint density at radius 2 is 2.21 bits per heavy atom. The summed E-state index contributed by atoms with van der Waals surface area (Å²) in [6.45, 7) is -0.0386. The van der Waals surface area contributed by atoms with Crippen molar-refractivity contribution in [1.29, 1.82) is 0 Å². The first-order valence-corrected chi connectivity index (χ1v) is 4.51. The highest BCUT2D eigenvalue weighted by atomic mass is 35.5. The van der Waals surface area contributed by atoms with Gasteiger partial charge in [0, 0.05) is 10.9 Å². The van der Waals surface area contributed by atoms with Crippen LogP contribution in [0.2, 0.25) is 5.02 Å². The number of hydrogen-bond acceptors (Lipinski definition) is 3. The minimum atomic E-state index is -0.168. The number of Topliss-reactive ketones (excluding diaryl/α,β-unsaturated/α-hetero) is 1. The molecule has 2 N–H and O–H groups in total. The second-order valence-electron chi connectivity index (χ2n) is 2.89. The van der Waals surface area contributed by atoms with Gasteiger partial charge in [-0.2, -0.15) is 0 Å². The van der Waals surface area contributed by atoms with Crippen LogP contribution < -0.4 is 5.73 Å². The van der Waals surface area contributed by atoms with Gasteiger partial charge in [0.15, 0.2) is 5.78 Å². The first-order chi connectivity index (χ1) is 6.74. The fourth-order valence-corrected chi connectivity index (χ4v) is 1.66. The van der Waals surface area contributed by atoms with Crippen molar-refractivity contribution in [3.8, 4) is 0 Å². The molecular weight excluding hydrogens is 202 g/mol. The van der Waals surface area contributed by atoms with Crippen LogP contribution in [0.1, 0.15) is 10.4 Å². The average Bonchev–Trinajstić information content (AvgIpc) is 2.66. The smallest absolute Gasteiger partial charge is 0.177 e. The van der Waals surface area contributed by atoms with Crippen molar-refractivity contribution in [3.63, 3.8) is 0 Å². The third-order valence-electron chi connectivity index (χ3n) is 2.06. The Morgan fingerprint density at radius 3 is 2.93 bits per heavy atom. The van der Waals surface area contributed by atoms with Crippen LogP contribution >= 0.6 is 11.6 Å². The first kappa shape index (κ1) is 9.24. The average molecular weight is 210 g/mol. The molecule has 2 rings (SSSR count). The highest BCUT2D eigenvalue weighted by Crippen LogP contribution is 2.28. The predicted molar refractivity (Wildman–Crippen MR) is 54.6 cm³/mol. The normalized spacial score (nSPS) is 10.7. The van der Waals surface area contributed by atoms with Gasteiger partial charge >= 0.3 is 0 Å². The molecule has 0 atom stereocenters. The van der Waals surface area contributed by atoms with E-state index in [1.54, 1.807) is 18.2 Å². The number of carbonyl (C=O) groups excluding carboxylic acids is 1. The van der Waals surface area contributed by atoms with Crippen LogP contribution in [-0.4, -0.2) is 12.3 Å². The lowest BCUT2D eigenvalue weighted by atomic mass is 10.1. The molecule has 0 aliphatic carbocycles. The van der Waals surface area contributed by atoms with Crippen molar-refractivity contribution in [2.24, 2.45) is 5.73 Å². The van der Waals surface area contributed by atoms with E-state index in [9.17, 15) is 4.79 Å². The van der Waals surface area contributed by atoms with Gasteiger partial charge in [-0.25, -0.2) is 0 Å². The minimum absolute atomic E-state index is 0.0386. The lowest BCUT2D eigenvalue weighted by Crippen LogP contribution is -2.13. The Kier molecular flexibility index (Phi) is 2.27. The molecule has 0 unspecified atom stereocenters. The van der Waals surface area contributed by atoms with Crippen molar-refractivity contribution >= 4 is 28.4 Å². The zero-order chi connectivity index (χ0) is 10.1. The number of ketones is 1. The molecular formula is C10H8ClNO2. The van der Waals surface area contributed by atoms with Crippen molar-refractivity contribution in [2.75, 3.05) is 6.54 Å². The van der Waals surface area contributed by atoms with Gasteiger partial charge in [-0.15, -0.1) is 0 Å². The van der Waals surface area contributed by atoms with Crippen molar-refractivity contribution in [1.82, 2.24) is 0 Å². The van der Waals surface area contributed by atoms with E-state index in [-0.39, 0.29) is 12.3 Å². The number of carbonyl (C=O) groups is 1. The van der Waals surface area contributed by atoms with Gasteiger partial charge in [-0.1, -0.05) is 11.6 Å². The molecule has 0 aliphatic heterocycles. The standard InChI is InChI=1S/C10H8ClNO2/c11-10-6(8(13)5-12)1-2-9-7(10)3-4-14-9/h1-4H,5,12H2. The van der Waals surface area contributed by atoms with E-state index in [0.29, 0.717) is 16.2 Å². The number of rotatable bonds is 2. The molecule has 2 aromatic rings. The lowest BCUT2D eigenvalue weighted by molar-refractivity contribution is 0.100. The first-order valence-electron chi connectivity index (χ1n) is 4.13. The second-order valence-corrected chi connectivity index (χ2v) is 3.26. The summed E-state index contributed by atoms with van der Waals surface area (Å²) in [7, 11) is 0. The highest BCUT2D eigenvalue weighted by molar-refractivity contribution is 6.38. The molecule has 1 heterocycles. The number of fused-ring (bicyclic) bond motifs is 1. The second kappa shape index (κ2) is 3.44. The summed E-state index contributed by atoms with van der Waals surface area (Å²) in [5.74, 6) is -0.168. The summed E-state index contributed by atoms with van der Waals surface area (Å²) in [5, 5.41) is 1.15. The summed E-state index contributed by atoms with van der Waals surface area (Å²) in [4.78, 5) is 11.4. The van der Waals surface area contributed by atoms with Crippen LogP contribution in [-0.2, 0) is 0 Å². The van der Waals surface area contributed by atoms with Gasteiger partial charge in [0.1, 0.15) is 5.58 Å². The Balaban J connectivity index is 2.67. The molecule has 1 aromatic carbocycles. The topological polar surface area (TPSA) is 56.2 Å². The van der Waals surface area contributed by atoms with Crippen molar-refractivity contribution in [2.45, 2.75) is 0 Å². The van der Waals surface area contributed by atoms with E-state index in [1.807, 2.05) is 0 Å². The summed E-state index contributed by atoms with van der Waals surface area (Å²) < 4.78 is 5.14. The summed E-state index contributed by atoms with van der Waals surface area (Å²) in [5.41, 5.74) is 6.38. The Hall–Kier alpha value is -1.32. The van der Waals surface area contributed by atoms with E-state index in [4.69, 9.17) is 21.8 Å². The number of halogens is 1. The summed E-state index contributed by atoms with van der Waals surface area (Å²) in [6.07, 6.45) is 1.53. The largest absolute Gasteiger partial charge is 0.464 e. The Bertz CT molecular complexity index is 490. The number of furan rings is 1. The van der Waals surface area contributed by atoms with E-state index in [2.05, 4.69) is 0 Å². The maximum Gasteiger partial charge on any atom is 0.177 e. The molecule has 0 radical (unpaired) electrons. The van der Waals surface area contributed by atoms with Crippen molar-refractivity contribution < 1.29 is 9.21 Å². The SMILES string of the molecule is NCC(=O)c1ccc2occc2c1Cl. The zero-order valence-electron chi connectivity index (χ0n) is 7.29. The van der Waals surface area contributed by atoms with Crippen LogP contribution in [0.3, 0.4) is 0 Å². The molecule has 0 bridgehead atoms. The van der Waals surface area contributed by atoms with Gasteiger partial charge < -0.3 is 10.2 Å². The minimum Gasteiger partial charge on any atom is -0.464 e. The van der Waals surface area contributed by atoms with Gasteiger partial charge in [0.25, 0.3) is 0 Å². The van der Waals surface area contributed by atoms with Crippen LogP contribution in [0.25, 0.3) is 11.0 Å². The number of hydrogen-bond donors (Lipinski definition) is 1. The molecule has 0 amide bonds. The van der Waals surface area contributed by atoms with Gasteiger partial charge in [-0.05, 0) is 18.2 Å². The molecule has 0 fully saturated rings. The fraction of sp³-hybridized carbons (Fsp3) is 0.100. The van der Waals surface area contributed by atoms with E-state index < -0.39 is 0 Å². The molecule has 3 nitrogen and oxygen atoms in total. The number of benzene rings is 1. The molecule has 1 aromatic heterocycles.